The van der Waals surface area contributed by atoms with E-state index in [0.717, 1.165) is 43.4 Å². The molecule has 0 aliphatic rings. The Kier molecular flexibility index (Phi) is 10.0. The van der Waals surface area contributed by atoms with Crippen LogP contribution in [0.5, 0.6) is 0 Å². The van der Waals surface area contributed by atoms with Crippen LogP contribution in [0.2, 0.25) is 0 Å². The monoisotopic (exact) mass is 489 g/mol. The topological polar surface area (TPSA) is 12.9 Å². The van der Waals surface area contributed by atoms with E-state index in [0.29, 0.717) is 0 Å². The van der Waals surface area contributed by atoms with Crippen molar-refractivity contribution in [2.45, 2.75) is 73.6 Å². The molecule has 0 bridgehead atoms. The number of hydrogen-bond acceptors (Lipinski definition) is 1. The number of rotatable bonds is 11. The maximum absolute atomic E-state index is 4.77. The van der Waals surface area contributed by atoms with Crippen molar-refractivity contribution >= 4 is 11.6 Å². The molecule has 3 aromatic rings. The number of pyridine rings is 1. The molecule has 0 atom stereocenters. The number of benzene rings is 2. The minimum absolute atomic E-state index is 0.754. The molecular weight excluding hydrogens is 446 g/mol. The van der Waals surface area contributed by atoms with Crippen LogP contribution in [-0.2, 0) is 12.8 Å². The van der Waals surface area contributed by atoms with Crippen LogP contribution < -0.4 is 0 Å². The minimum atomic E-state index is 0.754. The van der Waals surface area contributed by atoms with Gasteiger partial charge in [0.2, 0.25) is 0 Å². The predicted octanol–water partition coefficient (Wildman–Crippen LogP) is 9.95. The smallest absolute Gasteiger partial charge is 0.0519 e. The zero-order chi connectivity index (χ0) is 26.9. The van der Waals surface area contributed by atoms with E-state index in [4.69, 9.17) is 4.98 Å². The normalized spacial score (nSPS) is 12.3. The van der Waals surface area contributed by atoms with Crippen LogP contribution in [0.1, 0.15) is 84.7 Å². The Hall–Kier alpha value is -3.45. The van der Waals surface area contributed by atoms with Gasteiger partial charge in [0.1, 0.15) is 0 Å². The fraction of sp³-hybridized carbons (Fsp3) is 0.306. The van der Waals surface area contributed by atoms with Crippen molar-refractivity contribution in [1.82, 2.24) is 4.98 Å². The molecule has 1 heteroatoms. The molecule has 0 radical (unpaired) electrons. The summed E-state index contributed by atoms with van der Waals surface area (Å²) in [6, 6.07) is 17.5. The van der Waals surface area contributed by atoms with E-state index in [1.54, 1.807) is 0 Å². The van der Waals surface area contributed by atoms with Crippen molar-refractivity contribution in [3.63, 3.8) is 0 Å². The Morgan fingerprint density at radius 2 is 1.68 bits per heavy atom. The largest absolute Gasteiger partial charge is 0.260 e. The molecule has 0 N–H and O–H groups in total. The molecule has 0 amide bonds. The van der Waals surface area contributed by atoms with Crippen molar-refractivity contribution in [3.05, 3.63) is 135 Å². The van der Waals surface area contributed by atoms with Crippen LogP contribution in [0.25, 0.3) is 11.6 Å². The second kappa shape index (κ2) is 13.2. The summed E-state index contributed by atoms with van der Waals surface area (Å²) in [4.78, 5) is 4.77. The van der Waals surface area contributed by atoms with Gasteiger partial charge >= 0.3 is 0 Å². The van der Waals surface area contributed by atoms with Gasteiger partial charge < -0.3 is 0 Å². The van der Waals surface area contributed by atoms with Crippen molar-refractivity contribution in [2.75, 3.05) is 0 Å². The van der Waals surface area contributed by atoms with Gasteiger partial charge in [-0.15, -0.1) is 6.58 Å². The van der Waals surface area contributed by atoms with Gasteiger partial charge in [-0.05, 0) is 104 Å². The van der Waals surface area contributed by atoms with Gasteiger partial charge in [-0.1, -0.05) is 85.7 Å². The van der Waals surface area contributed by atoms with Gasteiger partial charge in [0.15, 0.2) is 0 Å². The van der Waals surface area contributed by atoms with Crippen LogP contribution >= 0.6 is 0 Å². The molecule has 0 aliphatic carbocycles. The summed E-state index contributed by atoms with van der Waals surface area (Å²) in [5, 5.41) is 0. The summed E-state index contributed by atoms with van der Waals surface area (Å²) < 4.78 is 0. The average molecular weight is 490 g/mol. The lowest BCUT2D eigenvalue weighted by molar-refractivity contribution is 0.908. The van der Waals surface area contributed by atoms with Gasteiger partial charge in [-0.2, -0.15) is 0 Å². The molecule has 192 valence electrons. The van der Waals surface area contributed by atoms with Crippen LogP contribution in [0, 0.1) is 20.8 Å². The third kappa shape index (κ3) is 6.86. The summed E-state index contributed by atoms with van der Waals surface area (Å²) in [6.07, 6.45) is 11.1. The van der Waals surface area contributed by atoms with Crippen LogP contribution in [-0.4, -0.2) is 4.98 Å². The fourth-order valence-electron chi connectivity index (χ4n) is 5.15. The second-order valence-electron chi connectivity index (χ2n) is 10.2. The molecule has 0 aliphatic heterocycles. The van der Waals surface area contributed by atoms with E-state index in [9.17, 15) is 0 Å². The summed E-state index contributed by atoms with van der Waals surface area (Å²) >= 11 is 0. The third-order valence-electron chi connectivity index (χ3n) is 7.31. The number of aromatic nitrogens is 1. The molecule has 2 aromatic carbocycles. The van der Waals surface area contributed by atoms with Crippen LogP contribution in [0.15, 0.2) is 90.7 Å². The Balaban J connectivity index is 2.17. The number of nitrogens with zero attached hydrogens (tertiary/aromatic N) is 1. The first-order chi connectivity index (χ1) is 17.8. The maximum atomic E-state index is 4.77. The highest BCUT2D eigenvalue weighted by molar-refractivity contribution is 5.86. The molecule has 0 spiro atoms. The predicted molar refractivity (Wildman–Crippen MR) is 163 cm³/mol. The van der Waals surface area contributed by atoms with E-state index >= 15 is 0 Å². The molecule has 1 aromatic heterocycles. The highest BCUT2D eigenvalue weighted by Gasteiger charge is 2.19. The molecule has 37 heavy (non-hydrogen) atoms. The summed E-state index contributed by atoms with van der Waals surface area (Å²) in [5.74, 6) is 0. The van der Waals surface area contributed by atoms with Gasteiger partial charge in [-0.3, -0.25) is 4.98 Å². The van der Waals surface area contributed by atoms with Crippen molar-refractivity contribution in [2.24, 2.45) is 0 Å². The SMILES string of the molecule is C=CCc1ncccc1/C(=C(\C)CC/C(=C/c1ccccc1C)C(=C)C)c1c(C)ccc(CCC)c1C. The Morgan fingerprint density at radius 3 is 2.35 bits per heavy atom. The van der Waals surface area contributed by atoms with Gasteiger partial charge in [0.25, 0.3) is 0 Å². The van der Waals surface area contributed by atoms with Gasteiger partial charge in [-0.25, -0.2) is 0 Å². The number of allylic oxidation sites excluding steroid dienone is 4. The Morgan fingerprint density at radius 1 is 0.919 bits per heavy atom. The number of hydrogen-bond donors (Lipinski definition) is 0. The summed E-state index contributed by atoms with van der Waals surface area (Å²) in [6.45, 7) is 21.7. The van der Waals surface area contributed by atoms with Crippen molar-refractivity contribution < 1.29 is 0 Å². The average Bonchev–Trinajstić information content (AvgIpc) is 2.87. The van der Waals surface area contributed by atoms with Crippen LogP contribution in [0.3, 0.4) is 0 Å². The summed E-state index contributed by atoms with van der Waals surface area (Å²) in [7, 11) is 0. The zero-order valence-electron chi connectivity index (χ0n) is 23.7. The highest BCUT2D eigenvalue weighted by atomic mass is 14.7. The van der Waals surface area contributed by atoms with E-state index in [1.807, 2.05) is 12.3 Å². The van der Waals surface area contributed by atoms with E-state index in [1.165, 1.54) is 55.7 Å². The molecule has 1 heterocycles. The van der Waals surface area contributed by atoms with Crippen molar-refractivity contribution in [1.29, 1.82) is 0 Å². The summed E-state index contributed by atoms with van der Waals surface area (Å²) in [5.41, 5.74) is 15.5. The van der Waals surface area contributed by atoms with E-state index < -0.39 is 0 Å². The molecule has 1 nitrogen and oxygen atoms in total. The van der Waals surface area contributed by atoms with Crippen molar-refractivity contribution in [3.8, 4) is 0 Å². The molecule has 0 fully saturated rings. The van der Waals surface area contributed by atoms with Crippen LogP contribution in [0.4, 0.5) is 0 Å². The van der Waals surface area contributed by atoms with E-state index in [-0.39, 0.29) is 0 Å². The van der Waals surface area contributed by atoms with Gasteiger partial charge in [0, 0.05) is 18.2 Å². The molecule has 3 rings (SSSR count). The second-order valence-corrected chi connectivity index (χ2v) is 10.2. The first kappa shape index (κ1) is 28.1. The molecular formula is C36H43N. The van der Waals surface area contributed by atoms with E-state index in [2.05, 4.69) is 109 Å². The Bertz CT molecular complexity index is 1330. The first-order valence-corrected chi connectivity index (χ1v) is 13.5. The first-order valence-electron chi connectivity index (χ1n) is 13.5. The fourth-order valence-corrected chi connectivity index (χ4v) is 5.15. The third-order valence-corrected chi connectivity index (χ3v) is 7.31. The number of aryl methyl sites for hydroxylation is 3. The van der Waals surface area contributed by atoms with Gasteiger partial charge in [0.05, 0.1) is 5.69 Å². The lowest BCUT2D eigenvalue weighted by Crippen LogP contribution is -2.05. The molecule has 0 unspecified atom stereocenters. The zero-order valence-corrected chi connectivity index (χ0v) is 23.7. The lowest BCUT2D eigenvalue weighted by Gasteiger charge is -2.22. The highest BCUT2D eigenvalue weighted by Crippen LogP contribution is 2.37. The Labute approximate surface area is 225 Å². The quantitative estimate of drug-likeness (QED) is 0.193. The minimum Gasteiger partial charge on any atom is -0.260 e. The lowest BCUT2D eigenvalue weighted by atomic mass is 9.83. The molecule has 0 saturated heterocycles. The maximum Gasteiger partial charge on any atom is 0.0519 e. The molecule has 0 saturated carbocycles. The standard InChI is InChI=1S/C36H43N/c1-9-14-30-21-19-27(6)35(29(30)8)36(33-18-13-23-37-34(33)15-10-2)28(7)20-22-31(25(3)4)24-32-17-12-11-16-26(32)5/h10-13,16-19,21,23-24H,2-3,9,14-15,20,22H2,1,4-8H3/b31-24-,36-28-.